The van der Waals surface area contributed by atoms with Gasteiger partial charge in [-0.2, -0.15) is 0 Å². The maximum absolute atomic E-state index is 11.3. The second-order valence-corrected chi connectivity index (χ2v) is 6.74. The van der Waals surface area contributed by atoms with Crippen molar-refractivity contribution in [3.63, 3.8) is 0 Å². The van der Waals surface area contributed by atoms with Crippen molar-refractivity contribution < 1.29 is 17.9 Å². The van der Waals surface area contributed by atoms with Crippen LogP contribution >= 0.6 is 15.9 Å². The highest BCUT2D eigenvalue weighted by atomic mass is 79.9. The molecule has 0 saturated carbocycles. The van der Waals surface area contributed by atoms with Crippen LogP contribution in [0.2, 0.25) is 0 Å². The zero-order valence-corrected chi connectivity index (χ0v) is 12.9. The second-order valence-electron chi connectivity index (χ2n) is 3.70. The molecule has 1 aromatic carbocycles. The molecule has 0 unspecified atom stereocenters. The molecule has 0 aliphatic rings. The summed E-state index contributed by atoms with van der Waals surface area (Å²) in [6.07, 6.45) is 0. The molecule has 6 heteroatoms. The van der Waals surface area contributed by atoms with Crippen LogP contribution in [0.3, 0.4) is 0 Å². The molecule has 0 radical (unpaired) electrons. The van der Waals surface area contributed by atoms with Crippen molar-refractivity contribution in [1.82, 2.24) is 0 Å². The summed E-state index contributed by atoms with van der Waals surface area (Å²) in [5.41, 5.74) is 1.07. The number of methoxy groups -OCH3 is 1. The lowest BCUT2D eigenvalue weighted by Crippen LogP contribution is -2.15. The molecular formula is C12H17BrO4S. The Balaban J connectivity index is 2.67. The van der Waals surface area contributed by atoms with Crippen molar-refractivity contribution >= 4 is 25.8 Å². The van der Waals surface area contributed by atoms with E-state index in [0.29, 0.717) is 11.5 Å². The zero-order chi connectivity index (χ0) is 13.6. The average Bonchev–Trinajstić information content (AvgIpc) is 2.38. The molecule has 4 nitrogen and oxygen atoms in total. The number of hydrogen-bond donors (Lipinski definition) is 0. The summed E-state index contributed by atoms with van der Waals surface area (Å²) in [4.78, 5) is 0. The van der Waals surface area contributed by atoms with Crippen molar-refractivity contribution in [2.75, 3.05) is 25.2 Å². The third-order valence-corrected chi connectivity index (χ3v) is 4.79. The van der Waals surface area contributed by atoms with E-state index < -0.39 is 9.84 Å². The first-order chi connectivity index (χ1) is 8.52. The van der Waals surface area contributed by atoms with Gasteiger partial charge in [-0.25, -0.2) is 8.42 Å². The molecule has 0 atom stereocenters. The summed E-state index contributed by atoms with van der Waals surface area (Å²) in [6, 6.07) is 5.55. The van der Waals surface area contributed by atoms with Crippen LogP contribution in [0.15, 0.2) is 18.2 Å². The van der Waals surface area contributed by atoms with E-state index in [0.717, 1.165) is 10.9 Å². The van der Waals surface area contributed by atoms with Crippen LogP contribution in [0, 0.1) is 0 Å². The van der Waals surface area contributed by atoms with Crippen LogP contribution in [-0.2, 0) is 15.2 Å². The highest BCUT2D eigenvalue weighted by Crippen LogP contribution is 2.28. The standard InChI is InChI=1S/C12H17BrO4S/c1-3-18(14,15)7-6-17-11-5-4-10(9-13)8-12(11)16-2/h4-5,8H,3,6-7,9H2,1-2H3. The van der Waals surface area contributed by atoms with E-state index in [1.165, 1.54) is 0 Å². The average molecular weight is 337 g/mol. The van der Waals surface area contributed by atoms with Crippen LogP contribution in [0.5, 0.6) is 11.5 Å². The van der Waals surface area contributed by atoms with Crippen molar-refractivity contribution in [1.29, 1.82) is 0 Å². The molecule has 1 aromatic rings. The Labute approximate surface area is 116 Å². The Bertz CT molecular complexity index is 485. The maximum atomic E-state index is 11.3. The highest BCUT2D eigenvalue weighted by Gasteiger charge is 2.10. The predicted molar refractivity (Wildman–Crippen MR) is 75.4 cm³/mol. The normalized spacial score (nSPS) is 11.3. The largest absolute Gasteiger partial charge is 0.493 e. The zero-order valence-electron chi connectivity index (χ0n) is 10.5. The van der Waals surface area contributed by atoms with E-state index in [-0.39, 0.29) is 18.1 Å². The van der Waals surface area contributed by atoms with Crippen LogP contribution < -0.4 is 9.47 Å². The van der Waals surface area contributed by atoms with Gasteiger partial charge in [-0.3, -0.25) is 0 Å². The number of ether oxygens (including phenoxy) is 2. The van der Waals surface area contributed by atoms with Gasteiger partial charge in [-0.1, -0.05) is 28.9 Å². The SMILES string of the molecule is CCS(=O)(=O)CCOc1ccc(CBr)cc1OC. The number of alkyl halides is 1. The highest BCUT2D eigenvalue weighted by molar-refractivity contribution is 9.08. The molecule has 0 saturated heterocycles. The molecule has 0 amide bonds. The van der Waals surface area contributed by atoms with Crippen molar-refractivity contribution in [3.05, 3.63) is 23.8 Å². The van der Waals surface area contributed by atoms with Gasteiger partial charge in [-0.15, -0.1) is 0 Å². The molecule has 18 heavy (non-hydrogen) atoms. The molecule has 0 aromatic heterocycles. The van der Waals surface area contributed by atoms with Crippen molar-refractivity contribution in [2.24, 2.45) is 0 Å². The minimum atomic E-state index is -3.00. The lowest BCUT2D eigenvalue weighted by molar-refractivity contribution is 0.311. The van der Waals surface area contributed by atoms with Crippen LogP contribution in [-0.4, -0.2) is 33.6 Å². The lowest BCUT2D eigenvalue weighted by Gasteiger charge is -2.11. The summed E-state index contributed by atoms with van der Waals surface area (Å²) < 4.78 is 33.3. The Morgan fingerprint density at radius 2 is 2.00 bits per heavy atom. The number of halogens is 1. The summed E-state index contributed by atoms with van der Waals surface area (Å²) in [6.45, 7) is 1.76. The first kappa shape index (κ1) is 15.3. The quantitative estimate of drug-likeness (QED) is 0.717. The summed E-state index contributed by atoms with van der Waals surface area (Å²) in [7, 11) is -1.44. The maximum Gasteiger partial charge on any atom is 0.161 e. The van der Waals surface area contributed by atoms with E-state index in [1.54, 1.807) is 20.1 Å². The number of hydrogen-bond acceptors (Lipinski definition) is 4. The Morgan fingerprint density at radius 1 is 1.28 bits per heavy atom. The summed E-state index contributed by atoms with van der Waals surface area (Å²) >= 11 is 3.36. The number of benzene rings is 1. The van der Waals surface area contributed by atoms with Gasteiger partial charge in [0.2, 0.25) is 0 Å². The van der Waals surface area contributed by atoms with Gasteiger partial charge in [0.05, 0.1) is 12.9 Å². The number of rotatable bonds is 7. The predicted octanol–water partition coefficient (Wildman–Crippen LogP) is 2.40. The molecule has 102 valence electrons. The van der Waals surface area contributed by atoms with Gasteiger partial charge in [0.15, 0.2) is 21.3 Å². The van der Waals surface area contributed by atoms with E-state index in [4.69, 9.17) is 9.47 Å². The van der Waals surface area contributed by atoms with E-state index in [9.17, 15) is 8.42 Å². The van der Waals surface area contributed by atoms with Gasteiger partial charge in [0, 0.05) is 11.1 Å². The van der Waals surface area contributed by atoms with Gasteiger partial charge >= 0.3 is 0 Å². The second kappa shape index (κ2) is 6.99. The van der Waals surface area contributed by atoms with Gasteiger partial charge in [-0.05, 0) is 17.7 Å². The fourth-order valence-corrected chi connectivity index (χ4v) is 2.31. The first-order valence-corrected chi connectivity index (χ1v) is 8.52. The van der Waals surface area contributed by atoms with Crippen molar-refractivity contribution in [2.45, 2.75) is 12.3 Å². The lowest BCUT2D eigenvalue weighted by atomic mass is 10.2. The molecule has 0 fully saturated rings. The van der Waals surface area contributed by atoms with E-state index in [1.807, 2.05) is 12.1 Å². The van der Waals surface area contributed by atoms with Crippen LogP contribution in [0.4, 0.5) is 0 Å². The van der Waals surface area contributed by atoms with Gasteiger partial charge in [0.25, 0.3) is 0 Å². The third-order valence-electron chi connectivity index (χ3n) is 2.47. The Morgan fingerprint density at radius 3 is 2.56 bits per heavy atom. The van der Waals surface area contributed by atoms with Crippen molar-refractivity contribution in [3.8, 4) is 11.5 Å². The molecular weight excluding hydrogens is 320 g/mol. The summed E-state index contributed by atoms with van der Waals surface area (Å²) in [5, 5.41) is 0.730. The fraction of sp³-hybridized carbons (Fsp3) is 0.500. The minimum absolute atomic E-state index is 0.0207. The van der Waals surface area contributed by atoms with Gasteiger partial charge < -0.3 is 9.47 Å². The monoisotopic (exact) mass is 336 g/mol. The number of sulfone groups is 1. The Hall–Kier alpha value is -0.750. The first-order valence-electron chi connectivity index (χ1n) is 5.58. The van der Waals surface area contributed by atoms with Crippen LogP contribution in [0.1, 0.15) is 12.5 Å². The minimum Gasteiger partial charge on any atom is -0.493 e. The smallest absolute Gasteiger partial charge is 0.161 e. The summed E-state index contributed by atoms with van der Waals surface area (Å²) in [5.74, 6) is 1.33. The van der Waals surface area contributed by atoms with E-state index >= 15 is 0 Å². The van der Waals surface area contributed by atoms with Gasteiger partial charge in [0.1, 0.15) is 6.61 Å². The molecule has 1 rings (SSSR count). The molecule has 0 bridgehead atoms. The fourth-order valence-electron chi connectivity index (χ4n) is 1.34. The molecule has 0 heterocycles. The topological polar surface area (TPSA) is 52.6 Å². The molecule has 0 aliphatic heterocycles. The third kappa shape index (κ3) is 4.49. The molecule has 0 aliphatic carbocycles. The molecule has 0 spiro atoms. The molecule has 0 N–H and O–H groups in total. The van der Waals surface area contributed by atoms with Crippen LogP contribution in [0.25, 0.3) is 0 Å². The Kier molecular flexibility index (Phi) is 5.95. The van der Waals surface area contributed by atoms with E-state index in [2.05, 4.69) is 15.9 Å².